The molecular formula is C17H24N2O. The Morgan fingerprint density at radius 3 is 2.90 bits per heavy atom. The molecular weight excluding hydrogens is 248 g/mol. The zero-order valence-electron chi connectivity index (χ0n) is 12.2. The first-order valence-electron chi connectivity index (χ1n) is 7.76. The number of hydrogen-bond donors (Lipinski definition) is 2. The second-order valence-corrected chi connectivity index (χ2v) is 6.42. The van der Waals surface area contributed by atoms with Crippen molar-refractivity contribution in [2.24, 2.45) is 0 Å². The molecule has 1 unspecified atom stereocenters. The van der Waals surface area contributed by atoms with Gasteiger partial charge >= 0.3 is 0 Å². The summed E-state index contributed by atoms with van der Waals surface area (Å²) in [4.78, 5) is 12.2. The predicted molar refractivity (Wildman–Crippen MR) is 80.6 cm³/mol. The minimum Gasteiger partial charge on any atom is -0.353 e. The smallest absolute Gasteiger partial charge is 0.224 e. The molecule has 1 spiro atoms. The van der Waals surface area contributed by atoms with E-state index in [0.717, 1.165) is 24.9 Å². The van der Waals surface area contributed by atoms with Crippen LogP contribution in [-0.4, -0.2) is 24.0 Å². The maximum Gasteiger partial charge on any atom is 0.224 e. The van der Waals surface area contributed by atoms with Gasteiger partial charge in [0.05, 0.1) is 6.42 Å². The van der Waals surface area contributed by atoms with Gasteiger partial charge < -0.3 is 10.6 Å². The average molecular weight is 272 g/mol. The number of piperidine rings is 1. The van der Waals surface area contributed by atoms with Crippen molar-refractivity contribution in [1.29, 1.82) is 0 Å². The van der Waals surface area contributed by atoms with Crippen LogP contribution in [0.25, 0.3) is 0 Å². The van der Waals surface area contributed by atoms with Crippen LogP contribution in [-0.2, 0) is 11.2 Å². The van der Waals surface area contributed by atoms with Gasteiger partial charge in [-0.05, 0) is 56.7 Å². The molecule has 3 rings (SSSR count). The van der Waals surface area contributed by atoms with Crippen LogP contribution in [0, 0.1) is 6.92 Å². The van der Waals surface area contributed by atoms with Crippen molar-refractivity contribution in [3.8, 4) is 0 Å². The topological polar surface area (TPSA) is 41.1 Å². The Bertz CT molecular complexity index is 494. The van der Waals surface area contributed by atoms with Gasteiger partial charge in [0.2, 0.25) is 5.91 Å². The first kappa shape index (κ1) is 13.6. The third kappa shape index (κ3) is 2.88. The van der Waals surface area contributed by atoms with E-state index in [1.165, 1.54) is 24.8 Å². The van der Waals surface area contributed by atoms with Gasteiger partial charge in [-0.15, -0.1) is 0 Å². The van der Waals surface area contributed by atoms with Crippen molar-refractivity contribution in [1.82, 2.24) is 10.6 Å². The number of hydrogen-bond acceptors (Lipinski definition) is 2. The number of nitrogens with one attached hydrogen (secondary N) is 2. The molecule has 2 fully saturated rings. The summed E-state index contributed by atoms with van der Waals surface area (Å²) >= 11 is 0. The van der Waals surface area contributed by atoms with E-state index < -0.39 is 0 Å². The number of carbonyl (C=O) groups excluding carboxylic acids is 1. The van der Waals surface area contributed by atoms with Crippen LogP contribution in [0.3, 0.4) is 0 Å². The van der Waals surface area contributed by atoms with Crippen LogP contribution in [0.4, 0.5) is 0 Å². The van der Waals surface area contributed by atoms with E-state index in [0.29, 0.717) is 18.0 Å². The molecule has 1 aliphatic carbocycles. The van der Waals surface area contributed by atoms with Crippen molar-refractivity contribution in [2.75, 3.05) is 6.54 Å². The first-order valence-corrected chi connectivity index (χ1v) is 7.76. The van der Waals surface area contributed by atoms with Crippen molar-refractivity contribution in [2.45, 2.75) is 57.0 Å². The standard InChI is InChI=1S/C17H24N2O/c1-13-5-2-3-6-14(13)11-16(20)19-15-7-10-18-17(12-15)8-4-9-17/h2-3,5-6,15,18H,4,7-12H2,1H3,(H,19,20). The number of aryl methyl sites for hydroxylation is 1. The minimum absolute atomic E-state index is 0.167. The molecule has 2 N–H and O–H groups in total. The lowest BCUT2D eigenvalue weighted by Gasteiger charge is -2.48. The van der Waals surface area contributed by atoms with Crippen LogP contribution >= 0.6 is 0 Å². The number of rotatable bonds is 3. The lowest BCUT2D eigenvalue weighted by atomic mass is 9.70. The maximum atomic E-state index is 12.2. The van der Waals surface area contributed by atoms with Gasteiger partial charge in [0.25, 0.3) is 0 Å². The van der Waals surface area contributed by atoms with E-state index in [9.17, 15) is 4.79 Å². The fourth-order valence-electron chi connectivity index (χ4n) is 3.53. The highest BCUT2D eigenvalue weighted by Crippen LogP contribution is 2.38. The molecule has 108 valence electrons. The Balaban J connectivity index is 1.55. The quantitative estimate of drug-likeness (QED) is 0.886. The number of carbonyl (C=O) groups is 1. The Labute approximate surface area is 121 Å². The molecule has 1 aliphatic heterocycles. The molecule has 2 aliphatic rings. The van der Waals surface area contributed by atoms with Crippen molar-refractivity contribution < 1.29 is 4.79 Å². The average Bonchev–Trinajstić information content (AvgIpc) is 2.40. The summed E-state index contributed by atoms with van der Waals surface area (Å²) in [7, 11) is 0. The summed E-state index contributed by atoms with van der Waals surface area (Å²) in [5.74, 6) is 0.167. The Kier molecular flexibility index (Phi) is 3.79. The van der Waals surface area contributed by atoms with Gasteiger partial charge in [-0.25, -0.2) is 0 Å². The largest absolute Gasteiger partial charge is 0.353 e. The second-order valence-electron chi connectivity index (χ2n) is 6.42. The summed E-state index contributed by atoms with van der Waals surface area (Å²) < 4.78 is 0. The maximum absolute atomic E-state index is 12.2. The van der Waals surface area contributed by atoms with Gasteiger partial charge in [0, 0.05) is 11.6 Å². The summed E-state index contributed by atoms with van der Waals surface area (Å²) in [6, 6.07) is 8.49. The van der Waals surface area contributed by atoms with E-state index in [2.05, 4.69) is 23.6 Å². The molecule has 1 amide bonds. The van der Waals surface area contributed by atoms with E-state index in [4.69, 9.17) is 0 Å². The van der Waals surface area contributed by atoms with Gasteiger partial charge in [-0.3, -0.25) is 4.79 Å². The molecule has 0 radical (unpaired) electrons. The van der Waals surface area contributed by atoms with Crippen LogP contribution in [0.2, 0.25) is 0 Å². The van der Waals surface area contributed by atoms with Gasteiger partial charge in [0.1, 0.15) is 0 Å². The van der Waals surface area contributed by atoms with Crippen LogP contribution < -0.4 is 10.6 Å². The second kappa shape index (κ2) is 5.57. The van der Waals surface area contributed by atoms with E-state index in [1.54, 1.807) is 0 Å². The molecule has 0 bridgehead atoms. The Morgan fingerprint density at radius 1 is 1.40 bits per heavy atom. The highest BCUT2D eigenvalue weighted by molar-refractivity contribution is 5.79. The number of amides is 1. The third-order valence-electron chi connectivity index (χ3n) is 4.92. The Morgan fingerprint density at radius 2 is 2.20 bits per heavy atom. The minimum atomic E-state index is 0.167. The zero-order chi connectivity index (χ0) is 14.0. The molecule has 1 atom stereocenters. The van der Waals surface area contributed by atoms with Crippen LogP contribution in [0.5, 0.6) is 0 Å². The SMILES string of the molecule is Cc1ccccc1CC(=O)NC1CCNC2(CCC2)C1. The highest BCUT2D eigenvalue weighted by atomic mass is 16.1. The fraction of sp³-hybridized carbons (Fsp3) is 0.588. The molecule has 1 heterocycles. The van der Waals surface area contributed by atoms with E-state index in [-0.39, 0.29) is 5.91 Å². The third-order valence-corrected chi connectivity index (χ3v) is 4.92. The van der Waals surface area contributed by atoms with Gasteiger partial charge in [-0.1, -0.05) is 24.3 Å². The monoisotopic (exact) mass is 272 g/mol. The zero-order valence-corrected chi connectivity index (χ0v) is 12.2. The Hall–Kier alpha value is -1.35. The summed E-state index contributed by atoms with van der Waals surface area (Å²) in [5, 5.41) is 6.88. The highest BCUT2D eigenvalue weighted by Gasteiger charge is 2.41. The van der Waals surface area contributed by atoms with E-state index >= 15 is 0 Å². The fourth-order valence-corrected chi connectivity index (χ4v) is 3.53. The van der Waals surface area contributed by atoms with Crippen LogP contribution in [0.1, 0.15) is 43.2 Å². The van der Waals surface area contributed by atoms with Crippen molar-refractivity contribution in [3.05, 3.63) is 35.4 Å². The number of benzene rings is 1. The van der Waals surface area contributed by atoms with Gasteiger partial charge in [-0.2, -0.15) is 0 Å². The lowest BCUT2D eigenvalue weighted by Crippen LogP contribution is -2.59. The van der Waals surface area contributed by atoms with Gasteiger partial charge in [0.15, 0.2) is 0 Å². The predicted octanol–water partition coefficient (Wildman–Crippen LogP) is 2.33. The normalized spacial score (nSPS) is 24.1. The first-order chi connectivity index (χ1) is 9.67. The summed E-state index contributed by atoms with van der Waals surface area (Å²) in [5.41, 5.74) is 2.68. The van der Waals surface area contributed by atoms with Crippen LogP contribution in [0.15, 0.2) is 24.3 Å². The molecule has 3 nitrogen and oxygen atoms in total. The molecule has 1 aromatic rings. The summed E-state index contributed by atoms with van der Waals surface area (Å²) in [6.07, 6.45) is 6.54. The molecule has 0 aromatic heterocycles. The summed E-state index contributed by atoms with van der Waals surface area (Å²) in [6.45, 7) is 3.10. The molecule has 1 saturated carbocycles. The molecule has 20 heavy (non-hydrogen) atoms. The molecule has 1 saturated heterocycles. The van der Waals surface area contributed by atoms with Crippen molar-refractivity contribution in [3.63, 3.8) is 0 Å². The lowest BCUT2D eigenvalue weighted by molar-refractivity contribution is -0.121. The van der Waals surface area contributed by atoms with Crippen molar-refractivity contribution >= 4 is 5.91 Å². The van der Waals surface area contributed by atoms with E-state index in [1.807, 2.05) is 18.2 Å². The molecule has 3 heteroatoms. The molecule has 1 aromatic carbocycles.